The van der Waals surface area contributed by atoms with Crippen LogP contribution in [0.1, 0.15) is 41.1 Å². The second-order valence-electron chi connectivity index (χ2n) is 6.08. The van der Waals surface area contributed by atoms with Crippen molar-refractivity contribution in [1.82, 2.24) is 34.7 Å². The van der Waals surface area contributed by atoms with Crippen LogP contribution in [-0.4, -0.2) is 34.7 Å². The molecule has 0 spiro atoms. The summed E-state index contributed by atoms with van der Waals surface area (Å²) in [6.45, 7) is 8.87. The quantitative estimate of drug-likeness (QED) is 0.546. The summed E-state index contributed by atoms with van der Waals surface area (Å²) >= 11 is 1.53. The van der Waals surface area contributed by atoms with Crippen LogP contribution in [-0.2, 0) is 13.0 Å². The molecule has 0 saturated carbocycles. The maximum atomic E-state index is 5.24. The van der Waals surface area contributed by atoms with E-state index in [1.807, 2.05) is 31.6 Å². The molecule has 25 heavy (non-hydrogen) atoms. The first kappa shape index (κ1) is 15.9. The van der Waals surface area contributed by atoms with Crippen molar-refractivity contribution in [3.05, 3.63) is 33.9 Å². The first-order valence-electron chi connectivity index (χ1n) is 8.24. The van der Waals surface area contributed by atoms with E-state index in [4.69, 9.17) is 9.62 Å². The van der Waals surface area contributed by atoms with E-state index in [0.29, 0.717) is 6.42 Å². The first-order chi connectivity index (χ1) is 12.1. The summed E-state index contributed by atoms with van der Waals surface area (Å²) in [6.07, 6.45) is 3.74. The van der Waals surface area contributed by atoms with Gasteiger partial charge in [-0.3, -0.25) is 4.68 Å². The molecule has 9 heteroatoms. The summed E-state index contributed by atoms with van der Waals surface area (Å²) in [5, 5.41) is 22.8. The Morgan fingerprint density at radius 3 is 2.68 bits per heavy atom. The van der Waals surface area contributed by atoms with Crippen LogP contribution in [0.3, 0.4) is 0 Å². The molecule has 0 aliphatic heterocycles. The monoisotopic (exact) mass is 357 g/mol. The van der Waals surface area contributed by atoms with E-state index < -0.39 is 0 Å². The smallest absolute Gasteiger partial charge is 0.234 e. The molecule has 0 fully saturated rings. The van der Waals surface area contributed by atoms with Crippen LogP contribution in [0.5, 0.6) is 0 Å². The second-order valence-corrected chi connectivity index (χ2v) is 7.13. The van der Waals surface area contributed by atoms with E-state index in [0.717, 1.165) is 57.0 Å². The summed E-state index contributed by atoms with van der Waals surface area (Å²) in [7, 11) is 0. The standard InChI is InChI=1S/C16H19N7OS/c1-5-6-22-8-13(9(2)19-22)15-17-18-16-23(15)20-14(25-16)7-12-10(3)21-24-11(12)4/h8H,5-7H2,1-4H3. The van der Waals surface area contributed by atoms with Crippen LogP contribution in [0.4, 0.5) is 0 Å². The molecule has 0 aliphatic rings. The normalized spacial score (nSPS) is 11.7. The molecule has 4 aromatic heterocycles. The van der Waals surface area contributed by atoms with E-state index in [-0.39, 0.29) is 0 Å². The summed E-state index contributed by atoms with van der Waals surface area (Å²) in [4.78, 5) is 0.777. The van der Waals surface area contributed by atoms with Crippen LogP contribution in [0.2, 0.25) is 0 Å². The number of rotatable bonds is 5. The lowest BCUT2D eigenvalue weighted by Crippen LogP contribution is -1.96. The van der Waals surface area contributed by atoms with Crippen LogP contribution >= 0.6 is 11.3 Å². The fourth-order valence-electron chi connectivity index (χ4n) is 2.88. The molecule has 4 heterocycles. The highest BCUT2D eigenvalue weighted by atomic mass is 32.1. The van der Waals surface area contributed by atoms with Crippen molar-refractivity contribution >= 4 is 16.3 Å². The van der Waals surface area contributed by atoms with E-state index in [2.05, 4.69) is 27.4 Å². The molecule has 0 aromatic carbocycles. The van der Waals surface area contributed by atoms with Gasteiger partial charge in [-0.1, -0.05) is 23.4 Å². The molecule has 0 N–H and O–H groups in total. The highest BCUT2D eigenvalue weighted by molar-refractivity contribution is 7.16. The summed E-state index contributed by atoms with van der Waals surface area (Å²) in [5.74, 6) is 1.57. The first-order valence-corrected chi connectivity index (χ1v) is 9.05. The van der Waals surface area contributed by atoms with Gasteiger partial charge in [0.2, 0.25) is 4.96 Å². The Labute approximate surface area is 148 Å². The summed E-state index contributed by atoms with van der Waals surface area (Å²) < 4.78 is 8.99. The third-order valence-electron chi connectivity index (χ3n) is 4.18. The maximum Gasteiger partial charge on any atom is 0.234 e. The number of aryl methyl sites for hydroxylation is 4. The minimum Gasteiger partial charge on any atom is -0.361 e. The Morgan fingerprint density at radius 2 is 1.96 bits per heavy atom. The second kappa shape index (κ2) is 6.07. The number of nitrogens with zero attached hydrogens (tertiary/aromatic N) is 7. The number of fused-ring (bicyclic) bond motifs is 1. The Kier molecular flexibility index (Phi) is 3.87. The van der Waals surface area contributed by atoms with Gasteiger partial charge in [0.1, 0.15) is 10.8 Å². The Balaban J connectivity index is 1.71. The fraction of sp³-hybridized carbons (Fsp3) is 0.438. The van der Waals surface area contributed by atoms with Crippen LogP contribution < -0.4 is 0 Å². The van der Waals surface area contributed by atoms with Crippen LogP contribution in [0, 0.1) is 20.8 Å². The maximum absolute atomic E-state index is 5.24. The number of hydrogen-bond acceptors (Lipinski definition) is 7. The van der Waals surface area contributed by atoms with Gasteiger partial charge < -0.3 is 4.52 Å². The van der Waals surface area contributed by atoms with Crippen LogP contribution in [0.25, 0.3) is 16.3 Å². The SMILES string of the molecule is CCCn1cc(-c2nnc3sc(Cc4c(C)noc4C)nn23)c(C)n1. The molecule has 4 rings (SSSR count). The van der Waals surface area contributed by atoms with E-state index in [1.165, 1.54) is 11.3 Å². The molecular weight excluding hydrogens is 338 g/mol. The molecular formula is C16H19N7OS. The number of aromatic nitrogens is 7. The van der Waals surface area contributed by atoms with Crippen LogP contribution in [0.15, 0.2) is 10.7 Å². The highest BCUT2D eigenvalue weighted by Gasteiger charge is 2.19. The molecule has 0 unspecified atom stereocenters. The molecule has 0 bridgehead atoms. The predicted octanol–water partition coefficient (Wildman–Crippen LogP) is 2.96. The van der Waals surface area contributed by atoms with Gasteiger partial charge in [-0.25, -0.2) is 0 Å². The van der Waals surface area contributed by atoms with Crippen molar-refractivity contribution in [2.75, 3.05) is 0 Å². The lowest BCUT2D eigenvalue weighted by atomic mass is 10.1. The zero-order chi connectivity index (χ0) is 17.6. The van der Waals surface area contributed by atoms with Gasteiger partial charge >= 0.3 is 0 Å². The average Bonchev–Trinajstić information content (AvgIpc) is 3.29. The Bertz CT molecular complexity index is 1020. The fourth-order valence-corrected chi connectivity index (χ4v) is 3.73. The minimum absolute atomic E-state index is 0.683. The van der Waals surface area contributed by atoms with Crippen molar-refractivity contribution in [3.8, 4) is 11.4 Å². The molecule has 130 valence electrons. The topological polar surface area (TPSA) is 86.9 Å². The Morgan fingerprint density at radius 1 is 1.12 bits per heavy atom. The molecule has 0 saturated heterocycles. The van der Waals surface area contributed by atoms with E-state index in [1.54, 1.807) is 4.52 Å². The third kappa shape index (κ3) is 2.74. The molecule has 0 atom stereocenters. The van der Waals surface area contributed by atoms with Gasteiger partial charge in [0, 0.05) is 24.7 Å². The zero-order valence-corrected chi connectivity index (χ0v) is 15.5. The predicted molar refractivity (Wildman–Crippen MR) is 93.7 cm³/mol. The van der Waals surface area contributed by atoms with Gasteiger partial charge in [-0.15, -0.1) is 10.2 Å². The summed E-state index contributed by atoms with van der Waals surface area (Å²) in [5.41, 5.74) is 3.89. The van der Waals surface area contributed by atoms with E-state index >= 15 is 0 Å². The van der Waals surface area contributed by atoms with Crippen molar-refractivity contribution < 1.29 is 4.52 Å². The third-order valence-corrected chi connectivity index (χ3v) is 5.08. The molecule has 0 amide bonds. The van der Waals surface area contributed by atoms with Gasteiger partial charge in [0.25, 0.3) is 0 Å². The lowest BCUT2D eigenvalue weighted by Gasteiger charge is -1.96. The van der Waals surface area contributed by atoms with E-state index in [9.17, 15) is 0 Å². The van der Waals surface area contributed by atoms with Gasteiger partial charge in [0.05, 0.1) is 17.0 Å². The highest BCUT2D eigenvalue weighted by Crippen LogP contribution is 2.26. The zero-order valence-electron chi connectivity index (χ0n) is 14.6. The van der Waals surface area contributed by atoms with Crippen molar-refractivity contribution in [3.63, 3.8) is 0 Å². The molecule has 8 nitrogen and oxygen atoms in total. The van der Waals surface area contributed by atoms with Gasteiger partial charge in [0.15, 0.2) is 5.82 Å². The van der Waals surface area contributed by atoms with Gasteiger partial charge in [-0.05, 0) is 27.2 Å². The molecule has 4 aromatic rings. The summed E-state index contributed by atoms with van der Waals surface area (Å²) in [6, 6.07) is 0. The lowest BCUT2D eigenvalue weighted by molar-refractivity contribution is 0.392. The van der Waals surface area contributed by atoms with Gasteiger partial charge in [-0.2, -0.15) is 14.7 Å². The average molecular weight is 357 g/mol. The Hall–Kier alpha value is -2.55. The van der Waals surface area contributed by atoms with Crippen molar-refractivity contribution in [2.24, 2.45) is 0 Å². The molecule has 0 radical (unpaired) electrons. The van der Waals surface area contributed by atoms with Crippen molar-refractivity contribution in [2.45, 2.75) is 47.1 Å². The van der Waals surface area contributed by atoms with Crippen molar-refractivity contribution in [1.29, 1.82) is 0 Å². The largest absolute Gasteiger partial charge is 0.361 e. The number of hydrogen-bond donors (Lipinski definition) is 0. The minimum atomic E-state index is 0.683. The molecule has 0 aliphatic carbocycles.